The van der Waals surface area contributed by atoms with Gasteiger partial charge in [0.1, 0.15) is 0 Å². The number of halogens is 1. The van der Waals surface area contributed by atoms with Crippen molar-refractivity contribution in [2.24, 2.45) is 0 Å². The van der Waals surface area contributed by atoms with Crippen molar-refractivity contribution in [3.63, 3.8) is 0 Å². The van der Waals surface area contributed by atoms with Crippen LogP contribution in [0.3, 0.4) is 0 Å². The summed E-state index contributed by atoms with van der Waals surface area (Å²) in [7, 11) is 0. The number of rotatable bonds is 3. The molecule has 0 aliphatic carbocycles. The van der Waals surface area contributed by atoms with E-state index < -0.39 is 0 Å². The second kappa shape index (κ2) is 4.58. The summed E-state index contributed by atoms with van der Waals surface area (Å²) in [5.74, 6) is 0. The average Bonchev–Trinajstić information content (AvgIpc) is 2.71. The molecule has 88 valence electrons. The van der Waals surface area contributed by atoms with E-state index in [2.05, 4.69) is 37.0 Å². The van der Waals surface area contributed by atoms with E-state index in [0.29, 0.717) is 6.04 Å². The first-order chi connectivity index (χ1) is 8.31. The summed E-state index contributed by atoms with van der Waals surface area (Å²) >= 11 is 3.42. The molecule has 3 heterocycles. The summed E-state index contributed by atoms with van der Waals surface area (Å²) in [6, 6.07) is 4.61. The maximum Gasteiger partial charge on any atom is 0.0773 e. The third-order valence-electron chi connectivity index (χ3n) is 3.01. The van der Waals surface area contributed by atoms with Crippen LogP contribution < -0.4 is 0 Å². The molecule has 5 heteroatoms. The fourth-order valence-corrected chi connectivity index (χ4v) is 2.40. The van der Waals surface area contributed by atoms with Crippen LogP contribution in [0.5, 0.6) is 0 Å². The lowest BCUT2D eigenvalue weighted by atomic mass is 10.1. The lowest BCUT2D eigenvalue weighted by Crippen LogP contribution is -2.47. The van der Waals surface area contributed by atoms with E-state index in [1.165, 1.54) is 5.56 Å². The van der Waals surface area contributed by atoms with E-state index in [9.17, 15) is 0 Å². The van der Waals surface area contributed by atoms with Gasteiger partial charge in [-0.15, -0.1) is 0 Å². The van der Waals surface area contributed by atoms with Crippen LogP contribution in [0.15, 0.2) is 41.4 Å². The van der Waals surface area contributed by atoms with E-state index in [4.69, 9.17) is 0 Å². The fraction of sp³-hybridized carbons (Fsp3) is 0.333. The van der Waals surface area contributed by atoms with E-state index in [1.54, 1.807) is 0 Å². The Morgan fingerprint density at radius 3 is 2.88 bits per heavy atom. The van der Waals surface area contributed by atoms with Crippen molar-refractivity contribution in [2.45, 2.75) is 12.6 Å². The minimum Gasteiger partial charge on any atom is -0.295 e. The topological polar surface area (TPSA) is 34.0 Å². The summed E-state index contributed by atoms with van der Waals surface area (Å²) in [6.45, 7) is 3.10. The quantitative estimate of drug-likeness (QED) is 0.869. The lowest BCUT2D eigenvalue weighted by molar-refractivity contribution is 0.0908. The van der Waals surface area contributed by atoms with Crippen molar-refractivity contribution in [1.82, 2.24) is 19.7 Å². The number of hydrogen-bond acceptors (Lipinski definition) is 3. The molecular formula is C12H13BrN4. The minimum absolute atomic E-state index is 0.512. The molecule has 0 aromatic carbocycles. The van der Waals surface area contributed by atoms with E-state index in [-0.39, 0.29) is 0 Å². The van der Waals surface area contributed by atoms with Crippen molar-refractivity contribution in [3.05, 3.63) is 47.0 Å². The Kier molecular flexibility index (Phi) is 2.94. The molecule has 3 rings (SSSR count). The molecule has 0 unspecified atom stereocenters. The van der Waals surface area contributed by atoms with Gasteiger partial charge in [-0.2, -0.15) is 5.10 Å². The summed E-state index contributed by atoms with van der Waals surface area (Å²) in [4.78, 5) is 6.53. The normalized spacial score (nSPS) is 17.0. The van der Waals surface area contributed by atoms with Gasteiger partial charge in [-0.05, 0) is 27.6 Å². The van der Waals surface area contributed by atoms with Crippen molar-refractivity contribution in [1.29, 1.82) is 0 Å². The highest BCUT2D eigenvalue weighted by atomic mass is 79.9. The van der Waals surface area contributed by atoms with Gasteiger partial charge in [0.05, 0.1) is 16.7 Å². The second-order valence-electron chi connectivity index (χ2n) is 4.35. The van der Waals surface area contributed by atoms with Gasteiger partial charge in [-0.25, -0.2) is 0 Å². The molecule has 1 aliphatic heterocycles. The first kappa shape index (κ1) is 10.9. The number of nitrogens with zero attached hydrogens (tertiary/aromatic N) is 4. The molecule has 17 heavy (non-hydrogen) atoms. The number of aromatic nitrogens is 3. The molecule has 2 aromatic rings. The van der Waals surface area contributed by atoms with Gasteiger partial charge >= 0.3 is 0 Å². The minimum atomic E-state index is 0.512. The van der Waals surface area contributed by atoms with Gasteiger partial charge in [0.15, 0.2) is 0 Å². The van der Waals surface area contributed by atoms with Gasteiger partial charge < -0.3 is 0 Å². The molecule has 4 nitrogen and oxygen atoms in total. The number of hydrogen-bond donors (Lipinski definition) is 0. The molecule has 1 saturated heterocycles. The molecule has 0 bridgehead atoms. The predicted molar refractivity (Wildman–Crippen MR) is 68.5 cm³/mol. The Labute approximate surface area is 108 Å². The molecule has 1 fully saturated rings. The largest absolute Gasteiger partial charge is 0.295 e. The Hall–Kier alpha value is -1.20. The number of pyridine rings is 1. The van der Waals surface area contributed by atoms with Gasteiger partial charge in [0, 0.05) is 38.2 Å². The molecule has 2 aromatic heterocycles. The molecule has 0 atom stereocenters. The van der Waals surface area contributed by atoms with Crippen LogP contribution in [0.4, 0.5) is 0 Å². The van der Waals surface area contributed by atoms with E-state index in [1.807, 2.05) is 35.5 Å². The Morgan fingerprint density at radius 1 is 1.35 bits per heavy atom. The van der Waals surface area contributed by atoms with Crippen molar-refractivity contribution < 1.29 is 0 Å². The first-order valence-corrected chi connectivity index (χ1v) is 6.41. The SMILES string of the molecule is Brc1cnn(C2CN(Cc3cccnc3)C2)c1. The van der Waals surface area contributed by atoms with E-state index in [0.717, 1.165) is 24.1 Å². The summed E-state index contributed by atoms with van der Waals surface area (Å²) in [6.07, 6.45) is 7.61. The third kappa shape index (κ3) is 2.40. The predicted octanol–water partition coefficient (Wildman–Crippen LogP) is 2.10. The zero-order valence-electron chi connectivity index (χ0n) is 9.33. The summed E-state index contributed by atoms with van der Waals surface area (Å²) in [5.41, 5.74) is 1.27. The highest BCUT2D eigenvalue weighted by Gasteiger charge is 2.28. The maximum absolute atomic E-state index is 4.31. The van der Waals surface area contributed by atoms with Crippen molar-refractivity contribution >= 4 is 15.9 Å². The van der Waals surface area contributed by atoms with Gasteiger partial charge in [0.2, 0.25) is 0 Å². The Balaban J connectivity index is 1.55. The van der Waals surface area contributed by atoms with Gasteiger partial charge in [-0.3, -0.25) is 14.6 Å². The zero-order valence-corrected chi connectivity index (χ0v) is 10.9. The van der Waals surface area contributed by atoms with Crippen LogP contribution >= 0.6 is 15.9 Å². The van der Waals surface area contributed by atoms with Crippen LogP contribution in [0.2, 0.25) is 0 Å². The standard InChI is InChI=1S/C12H13BrN4/c13-11-5-15-17(7-11)12-8-16(9-12)6-10-2-1-3-14-4-10/h1-5,7,12H,6,8-9H2. The highest BCUT2D eigenvalue weighted by molar-refractivity contribution is 9.10. The molecule has 0 spiro atoms. The number of likely N-dealkylation sites (tertiary alicyclic amines) is 1. The lowest BCUT2D eigenvalue weighted by Gasteiger charge is -2.39. The molecular weight excluding hydrogens is 280 g/mol. The van der Waals surface area contributed by atoms with Crippen molar-refractivity contribution in [3.8, 4) is 0 Å². The van der Waals surface area contributed by atoms with Crippen LogP contribution in [0, 0.1) is 0 Å². The van der Waals surface area contributed by atoms with Crippen LogP contribution in [-0.2, 0) is 6.54 Å². The van der Waals surface area contributed by atoms with Crippen LogP contribution in [-0.4, -0.2) is 32.8 Å². The fourth-order valence-electron chi connectivity index (χ4n) is 2.10. The van der Waals surface area contributed by atoms with Gasteiger partial charge in [-0.1, -0.05) is 6.07 Å². The summed E-state index contributed by atoms with van der Waals surface area (Å²) < 4.78 is 3.08. The average molecular weight is 293 g/mol. The molecule has 0 radical (unpaired) electrons. The highest BCUT2D eigenvalue weighted by Crippen LogP contribution is 2.23. The third-order valence-corrected chi connectivity index (χ3v) is 3.42. The monoisotopic (exact) mass is 292 g/mol. The summed E-state index contributed by atoms with van der Waals surface area (Å²) in [5, 5.41) is 4.31. The van der Waals surface area contributed by atoms with Crippen LogP contribution in [0.1, 0.15) is 11.6 Å². The smallest absolute Gasteiger partial charge is 0.0773 e. The second-order valence-corrected chi connectivity index (χ2v) is 5.26. The maximum atomic E-state index is 4.31. The molecule has 0 saturated carbocycles. The van der Waals surface area contributed by atoms with Crippen molar-refractivity contribution in [2.75, 3.05) is 13.1 Å². The zero-order chi connectivity index (χ0) is 11.7. The van der Waals surface area contributed by atoms with Gasteiger partial charge in [0.25, 0.3) is 0 Å². The molecule has 0 N–H and O–H groups in total. The first-order valence-electron chi connectivity index (χ1n) is 5.62. The Morgan fingerprint density at radius 2 is 2.24 bits per heavy atom. The molecule has 0 amide bonds. The molecule has 1 aliphatic rings. The van der Waals surface area contributed by atoms with E-state index >= 15 is 0 Å². The Bertz CT molecular complexity index is 490. The van der Waals surface area contributed by atoms with Crippen LogP contribution in [0.25, 0.3) is 0 Å².